The molecule has 1 fully saturated rings. The lowest BCUT2D eigenvalue weighted by Gasteiger charge is -2.31. The first-order chi connectivity index (χ1) is 21.1. The molecule has 2 aliphatic rings. The summed E-state index contributed by atoms with van der Waals surface area (Å²) in [5.74, 6) is -0.817. The van der Waals surface area contributed by atoms with Gasteiger partial charge >= 0.3 is 12.2 Å². The van der Waals surface area contributed by atoms with Gasteiger partial charge in [0.05, 0.1) is 30.5 Å². The Kier molecular flexibility index (Phi) is 9.60. The van der Waals surface area contributed by atoms with Gasteiger partial charge in [-0.2, -0.15) is 18.3 Å². The van der Waals surface area contributed by atoms with Crippen molar-refractivity contribution in [2.24, 2.45) is 5.10 Å². The number of benzene rings is 3. The number of amides is 3. The quantitative estimate of drug-likeness (QED) is 0.332. The number of nitrogens with zero attached hydrogens (tertiary/aromatic N) is 4. The molecule has 0 saturated carbocycles. The maximum Gasteiger partial charge on any atom is 0.416 e. The van der Waals surface area contributed by atoms with Gasteiger partial charge in [0.1, 0.15) is 12.4 Å². The zero-order valence-corrected chi connectivity index (χ0v) is 24.2. The summed E-state index contributed by atoms with van der Waals surface area (Å²) in [7, 11) is 0. The lowest BCUT2D eigenvalue weighted by Crippen LogP contribution is -2.47. The predicted molar refractivity (Wildman–Crippen MR) is 158 cm³/mol. The lowest BCUT2D eigenvalue weighted by molar-refractivity contribution is -0.137. The van der Waals surface area contributed by atoms with Gasteiger partial charge < -0.3 is 15.0 Å². The third-order valence-corrected chi connectivity index (χ3v) is 7.67. The minimum absolute atomic E-state index is 0.169. The first kappa shape index (κ1) is 31.1. The van der Waals surface area contributed by atoms with E-state index in [2.05, 4.69) is 15.3 Å². The molecule has 2 aliphatic heterocycles. The average Bonchev–Trinajstić information content (AvgIpc) is 3.46. The van der Waals surface area contributed by atoms with Gasteiger partial charge in [0.15, 0.2) is 0 Å². The van der Waals surface area contributed by atoms with Crippen LogP contribution >= 0.6 is 0 Å². The highest BCUT2D eigenvalue weighted by Gasteiger charge is 2.35. The Bertz CT molecular complexity index is 1470. The molecule has 3 amide bonds. The van der Waals surface area contributed by atoms with E-state index in [4.69, 9.17) is 4.74 Å². The summed E-state index contributed by atoms with van der Waals surface area (Å²) in [6.07, 6.45) is -4.11. The van der Waals surface area contributed by atoms with Crippen LogP contribution in [0.2, 0.25) is 0 Å². The van der Waals surface area contributed by atoms with Gasteiger partial charge in [-0.15, -0.1) is 0 Å². The van der Waals surface area contributed by atoms with Crippen molar-refractivity contribution in [1.29, 1.82) is 0 Å². The smallest absolute Gasteiger partial charge is 0.379 e. The molecule has 5 rings (SSSR count). The van der Waals surface area contributed by atoms with Crippen LogP contribution in [0.25, 0.3) is 0 Å². The van der Waals surface area contributed by atoms with Crippen molar-refractivity contribution in [3.8, 4) is 0 Å². The maximum absolute atomic E-state index is 13.9. The van der Waals surface area contributed by atoms with E-state index in [-0.39, 0.29) is 24.6 Å². The summed E-state index contributed by atoms with van der Waals surface area (Å²) >= 11 is 0. The number of morpholine rings is 1. The topological polar surface area (TPSA) is 77.5 Å². The zero-order valence-electron chi connectivity index (χ0n) is 24.2. The molecule has 1 saturated heterocycles. The molecule has 3 aromatic carbocycles. The van der Waals surface area contributed by atoms with Crippen LogP contribution < -0.4 is 5.32 Å². The van der Waals surface area contributed by atoms with Crippen molar-refractivity contribution in [2.45, 2.75) is 25.6 Å². The number of anilines is 1. The van der Waals surface area contributed by atoms with Crippen LogP contribution in [-0.2, 0) is 15.7 Å². The largest absolute Gasteiger partial charge is 0.416 e. The second-order valence-electron chi connectivity index (χ2n) is 10.8. The first-order valence-corrected chi connectivity index (χ1v) is 14.3. The van der Waals surface area contributed by atoms with Crippen LogP contribution in [-0.4, -0.2) is 78.4 Å². The van der Waals surface area contributed by atoms with Gasteiger partial charge in [-0.3, -0.25) is 9.69 Å². The third-order valence-electron chi connectivity index (χ3n) is 7.67. The van der Waals surface area contributed by atoms with Crippen molar-refractivity contribution in [3.05, 3.63) is 101 Å². The fraction of sp³-hybridized carbons (Fsp3) is 0.344. The lowest BCUT2D eigenvalue weighted by atomic mass is 9.97. The number of alkyl halides is 3. The number of hydrogen-bond acceptors (Lipinski definition) is 5. The maximum atomic E-state index is 13.9. The van der Waals surface area contributed by atoms with E-state index in [1.807, 2.05) is 31.2 Å². The molecule has 3 aromatic rings. The summed E-state index contributed by atoms with van der Waals surface area (Å²) in [6, 6.07) is 16.7. The molecule has 12 heteroatoms. The van der Waals surface area contributed by atoms with E-state index in [0.717, 1.165) is 23.3 Å². The SMILES string of the molecule is Cc1ccc(C2CC(c3ccc(F)cc3)=NN2C(=O)CN(CCN2CCOCC2)C(=O)Nc2ccc(C(F)(F)F)cc2)cc1. The predicted octanol–water partition coefficient (Wildman–Crippen LogP) is 5.70. The van der Waals surface area contributed by atoms with Gasteiger partial charge in [0.25, 0.3) is 5.91 Å². The number of carbonyl (C=O) groups is 2. The van der Waals surface area contributed by atoms with Crippen LogP contribution in [0.3, 0.4) is 0 Å². The zero-order chi connectivity index (χ0) is 31.3. The number of rotatable bonds is 8. The van der Waals surface area contributed by atoms with Gasteiger partial charge in [-0.25, -0.2) is 14.2 Å². The highest BCUT2D eigenvalue weighted by Crippen LogP contribution is 2.33. The monoisotopic (exact) mass is 611 g/mol. The molecular weight excluding hydrogens is 578 g/mol. The Balaban J connectivity index is 1.37. The van der Waals surface area contributed by atoms with E-state index in [1.54, 1.807) is 12.1 Å². The number of hydrazone groups is 1. The average molecular weight is 612 g/mol. The fourth-order valence-electron chi connectivity index (χ4n) is 5.13. The van der Waals surface area contributed by atoms with Crippen molar-refractivity contribution in [1.82, 2.24) is 14.8 Å². The summed E-state index contributed by atoms with van der Waals surface area (Å²) in [6.45, 7) is 4.78. The summed E-state index contributed by atoms with van der Waals surface area (Å²) in [5.41, 5.74) is 2.54. The molecule has 1 unspecified atom stereocenters. The van der Waals surface area contributed by atoms with Gasteiger partial charge in [0.2, 0.25) is 0 Å². The van der Waals surface area contributed by atoms with Crippen LogP contribution in [0.15, 0.2) is 77.9 Å². The van der Waals surface area contributed by atoms with Gasteiger partial charge in [0, 0.05) is 38.3 Å². The molecule has 1 atom stereocenters. The van der Waals surface area contributed by atoms with E-state index in [1.165, 1.54) is 34.2 Å². The molecule has 0 spiro atoms. The number of nitrogens with one attached hydrogen (secondary N) is 1. The van der Waals surface area contributed by atoms with Crippen molar-refractivity contribution in [2.75, 3.05) is 51.3 Å². The van der Waals surface area contributed by atoms with Gasteiger partial charge in [-0.05, 0) is 54.4 Å². The Morgan fingerprint density at radius 3 is 2.27 bits per heavy atom. The van der Waals surface area contributed by atoms with Gasteiger partial charge in [-0.1, -0.05) is 42.0 Å². The van der Waals surface area contributed by atoms with E-state index in [9.17, 15) is 27.2 Å². The molecule has 0 bridgehead atoms. The van der Waals surface area contributed by atoms with E-state index in [0.29, 0.717) is 50.5 Å². The number of halogens is 4. The summed E-state index contributed by atoms with van der Waals surface area (Å²) < 4.78 is 58.1. The number of hydrogen-bond donors (Lipinski definition) is 1. The Labute approximate surface area is 252 Å². The van der Waals surface area contributed by atoms with E-state index < -0.39 is 29.7 Å². The Morgan fingerprint density at radius 1 is 0.977 bits per heavy atom. The minimum atomic E-state index is -4.50. The Hall–Kier alpha value is -4.29. The Morgan fingerprint density at radius 2 is 1.64 bits per heavy atom. The standard InChI is InChI=1S/C32H33F4N5O3/c1-22-2-4-24(5-3-22)29-20-28(23-6-10-26(33)11-7-23)38-41(29)30(42)21-40(15-14-39-16-18-44-19-17-39)31(43)37-27-12-8-25(9-13-27)32(34,35)36/h2-13,29H,14-21H2,1H3,(H,37,43). The van der Waals surface area contributed by atoms with Crippen LogP contribution in [0.1, 0.15) is 34.7 Å². The first-order valence-electron chi connectivity index (χ1n) is 14.3. The van der Waals surface area contributed by atoms with Crippen LogP contribution in [0.5, 0.6) is 0 Å². The second kappa shape index (κ2) is 13.6. The molecule has 1 N–H and O–H groups in total. The number of urea groups is 1. The molecule has 8 nitrogen and oxygen atoms in total. The number of ether oxygens (including phenoxy) is 1. The molecule has 0 aromatic heterocycles. The molecule has 44 heavy (non-hydrogen) atoms. The van der Waals surface area contributed by atoms with Crippen molar-refractivity contribution < 1.29 is 31.9 Å². The number of carbonyl (C=O) groups excluding carboxylic acids is 2. The summed E-state index contributed by atoms with van der Waals surface area (Å²) in [4.78, 5) is 30.8. The van der Waals surface area contributed by atoms with Crippen molar-refractivity contribution >= 4 is 23.3 Å². The molecule has 232 valence electrons. The van der Waals surface area contributed by atoms with Crippen LogP contribution in [0.4, 0.5) is 28.0 Å². The normalized spacial score (nSPS) is 17.3. The second-order valence-corrected chi connectivity index (χ2v) is 10.8. The number of aryl methyl sites for hydroxylation is 1. The molecule has 0 radical (unpaired) electrons. The fourth-order valence-corrected chi connectivity index (χ4v) is 5.13. The van der Waals surface area contributed by atoms with E-state index >= 15 is 0 Å². The molecular formula is C32H33F4N5O3. The van der Waals surface area contributed by atoms with Crippen molar-refractivity contribution in [3.63, 3.8) is 0 Å². The highest BCUT2D eigenvalue weighted by atomic mass is 19.4. The molecule has 0 aliphatic carbocycles. The third kappa shape index (κ3) is 7.80. The highest BCUT2D eigenvalue weighted by molar-refractivity contribution is 6.03. The van der Waals surface area contributed by atoms with Crippen LogP contribution in [0, 0.1) is 12.7 Å². The summed E-state index contributed by atoms with van der Waals surface area (Å²) in [5, 5.41) is 8.63. The molecule has 2 heterocycles. The minimum Gasteiger partial charge on any atom is -0.379 e.